The smallest absolute Gasteiger partial charge is 0.272 e. The number of hydrogen-bond acceptors (Lipinski definition) is 6. The molecular weight excluding hydrogens is 380 g/mol. The summed E-state index contributed by atoms with van der Waals surface area (Å²) in [5, 5.41) is 11.0. The van der Waals surface area contributed by atoms with Gasteiger partial charge in [0.1, 0.15) is 10.3 Å². The van der Waals surface area contributed by atoms with Crippen LogP contribution in [0.15, 0.2) is 12.3 Å². The van der Waals surface area contributed by atoms with Gasteiger partial charge in [-0.3, -0.25) is 15.2 Å². The SMILES string of the molecule is CSCNc1cc(C(=O)N2CC3CCC(C2)O3)ncc1C(=N)Br. The average Bonchev–Trinajstić information content (AvgIpc) is 2.89. The molecule has 2 atom stereocenters. The Hall–Kier alpha value is -1.12. The summed E-state index contributed by atoms with van der Waals surface area (Å²) >= 11 is 4.81. The predicted molar refractivity (Wildman–Crippen MR) is 95.8 cm³/mol. The van der Waals surface area contributed by atoms with Crippen LogP contribution in [0.1, 0.15) is 28.9 Å². The van der Waals surface area contributed by atoms with Gasteiger partial charge in [-0.15, -0.1) is 11.8 Å². The summed E-state index contributed by atoms with van der Waals surface area (Å²) in [5.41, 5.74) is 1.81. The van der Waals surface area contributed by atoms with Gasteiger partial charge in [-0.25, -0.2) is 0 Å². The van der Waals surface area contributed by atoms with Crippen LogP contribution in [0.4, 0.5) is 5.69 Å². The number of halogens is 1. The zero-order chi connectivity index (χ0) is 16.4. The Balaban J connectivity index is 1.81. The van der Waals surface area contributed by atoms with Crippen molar-refractivity contribution in [3.05, 3.63) is 23.5 Å². The Kier molecular flexibility index (Phi) is 5.23. The molecule has 0 saturated carbocycles. The fourth-order valence-electron chi connectivity index (χ4n) is 2.99. The van der Waals surface area contributed by atoms with E-state index >= 15 is 0 Å². The summed E-state index contributed by atoms with van der Waals surface area (Å²) in [5.74, 6) is 0.636. The molecule has 3 heterocycles. The number of ether oxygens (including phenoxy) is 1. The van der Waals surface area contributed by atoms with Crippen molar-refractivity contribution >= 4 is 43.9 Å². The molecule has 0 spiro atoms. The molecule has 2 saturated heterocycles. The van der Waals surface area contributed by atoms with Gasteiger partial charge in [0, 0.05) is 30.5 Å². The number of amides is 1. The van der Waals surface area contributed by atoms with E-state index in [1.807, 2.05) is 11.2 Å². The quantitative estimate of drug-likeness (QED) is 0.588. The number of pyridine rings is 1. The number of morpholine rings is 1. The monoisotopic (exact) mass is 398 g/mol. The van der Waals surface area contributed by atoms with E-state index in [0.717, 1.165) is 18.5 Å². The average molecular weight is 399 g/mol. The second-order valence-electron chi connectivity index (χ2n) is 5.71. The van der Waals surface area contributed by atoms with E-state index in [4.69, 9.17) is 10.1 Å². The van der Waals surface area contributed by atoms with Gasteiger partial charge in [-0.2, -0.15) is 0 Å². The number of likely N-dealkylation sites (tertiary alicyclic amines) is 1. The summed E-state index contributed by atoms with van der Waals surface area (Å²) in [6, 6.07) is 1.74. The molecule has 6 nitrogen and oxygen atoms in total. The van der Waals surface area contributed by atoms with E-state index in [-0.39, 0.29) is 22.7 Å². The number of rotatable bonds is 5. The maximum absolute atomic E-state index is 12.7. The number of fused-ring (bicyclic) bond motifs is 2. The van der Waals surface area contributed by atoms with Gasteiger partial charge in [0.15, 0.2) is 0 Å². The molecule has 1 aromatic rings. The van der Waals surface area contributed by atoms with Crippen LogP contribution in [0, 0.1) is 5.41 Å². The highest BCUT2D eigenvalue weighted by molar-refractivity contribution is 9.18. The van der Waals surface area contributed by atoms with Crippen LogP contribution >= 0.6 is 27.7 Å². The first kappa shape index (κ1) is 16.7. The normalized spacial score (nSPS) is 23.0. The third kappa shape index (κ3) is 3.70. The first-order valence-corrected chi connectivity index (χ1v) is 9.69. The molecule has 2 unspecified atom stereocenters. The second kappa shape index (κ2) is 7.19. The number of hydrogen-bond donors (Lipinski definition) is 2. The lowest BCUT2D eigenvalue weighted by atomic mass is 10.2. The fraction of sp³-hybridized carbons (Fsp3) is 0.533. The predicted octanol–water partition coefficient (Wildman–Crippen LogP) is 2.54. The van der Waals surface area contributed by atoms with Crippen LogP contribution in [-0.4, -0.2) is 57.8 Å². The zero-order valence-electron chi connectivity index (χ0n) is 12.8. The van der Waals surface area contributed by atoms with Crippen molar-refractivity contribution in [1.82, 2.24) is 9.88 Å². The molecule has 124 valence electrons. The molecule has 2 aliphatic heterocycles. The molecule has 23 heavy (non-hydrogen) atoms. The van der Waals surface area contributed by atoms with Crippen molar-refractivity contribution in [2.24, 2.45) is 0 Å². The van der Waals surface area contributed by atoms with E-state index in [1.54, 1.807) is 24.0 Å². The van der Waals surface area contributed by atoms with Crippen LogP contribution in [0.3, 0.4) is 0 Å². The summed E-state index contributed by atoms with van der Waals surface area (Å²) < 4.78 is 6.02. The lowest BCUT2D eigenvalue weighted by Gasteiger charge is -2.32. The van der Waals surface area contributed by atoms with Crippen LogP contribution in [-0.2, 0) is 4.74 Å². The van der Waals surface area contributed by atoms with Gasteiger partial charge in [0.2, 0.25) is 0 Å². The minimum atomic E-state index is -0.0648. The third-order valence-corrected chi connectivity index (χ3v) is 4.96. The molecular formula is C15H19BrN4O2S. The van der Waals surface area contributed by atoms with Crippen molar-refractivity contribution in [3.8, 4) is 0 Å². The van der Waals surface area contributed by atoms with E-state index in [2.05, 4.69) is 26.2 Å². The summed E-state index contributed by atoms with van der Waals surface area (Å²) in [6.07, 6.45) is 5.96. The number of nitrogens with one attached hydrogen (secondary N) is 2. The molecule has 2 bridgehead atoms. The minimum Gasteiger partial charge on any atom is -0.375 e. The summed E-state index contributed by atoms with van der Waals surface area (Å²) in [4.78, 5) is 18.8. The van der Waals surface area contributed by atoms with Gasteiger partial charge < -0.3 is 15.0 Å². The Bertz CT molecular complexity index is 615. The number of anilines is 1. The first-order chi connectivity index (χ1) is 11.1. The minimum absolute atomic E-state index is 0.0648. The van der Waals surface area contributed by atoms with Crippen molar-refractivity contribution in [2.75, 3.05) is 30.5 Å². The largest absolute Gasteiger partial charge is 0.375 e. The molecule has 1 aromatic heterocycles. The Morgan fingerprint density at radius 1 is 1.52 bits per heavy atom. The zero-order valence-corrected chi connectivity index (χ0v) is 15.2. The highest BCUT2D eigenvalue weighted by atomic mass is 79.9. The second-order valence-corrected chi connectivity index (χ2v) is 7.37. The molecule has 0 aliphatic carbocycles. The van der Waals surface area contributed by atoms with Crippen molar-refractivity contribution < 1.29 is 9.53 Å². The Morgan fingerprint density at radius 2 is 2.22 bits per heavy atom. The molecule has 0 radical (unpaired) electrons. The number of nitrogens with zero attached hydrogens (tertiary/aromatic N) is 2. The lowest BCUT2D eigenvalue weighted by Crippen LogP contribution is -2.46. The van der Waals surface area contributed by atoms with Gasteiger partial charge in [-0.05, 0) is 41.1 Å². The van der Waals surface area contributed by atoms with Gasteiger partial charge >= 0.3 is 0 Å². The van der Waals surface area contributed by atoms with Crippen LogP contribution in [0.2, 0.25) is 0 Å². The molecule has 8 heteroatoms. The highest BCUT2D eigenvalue weighted by Gasteiger charge is 2.36. The Labute approximate surface area is 148 Å². The lowest BCUT2D eigenvalue weighted by molar-refractivity contribution is -0.0305. The third-order valence-electron chi connectivity index (χ3n) is 4.10. The molecule has 2 N–H and O–H groups in total. The molecule has 0 aromatic carbocycles. The van der Waals surface area contributed by atoms with E-state index in [0.29, 0.717) is 30.2 Å². The molecule has 2 aliphatic rings. The maximum atomic E-state index is 12.7. The number of carbonyl (C=O) groups is 1. The maximum Gasteiger partial charge on any atom is 0.272 e. The fourth-order valence-corrected chi connectivity index (χ4v) is 3.60. The molecule has 3 rings (SSSR count). The van der Waals surface area contributed by atoms with Crippen LogP contribution < -0.4 is 5.32 Å². The summed E-state index contributed by atoms with van der Waals surface area (Å²) in [7, 11) is 0. The van der Waals surface area contributed by atoms with E-state index in [1.165, 1.54) is 0 Å². The van der Waals surface area contributed by atoms with Crippen molar-refractivity contribution in [2.45, 2.75) is 25.0 Å². The number of carbonyl (C=O) groups excluding carboxylic acids is 1. The van der Waals surface area contributed by atoms with Gasteiger partial charge in [-0.1, -0.05) is 0 Å². The van der Waals surface area contributed by atoms with Gasteiger partial charge in [0.05, 0.1) is 18.1 Å². The molecule has 1 amide bonds. The van der Waals surface area contributed by atoms with Crippen molar-refractivity contribution in [3.63, 3.8) is 0 Å². The number of thioether (sulfide) groups is 1. The van der Waals surface area contributed by atoms with Crippen LogP contribution in [0.5, 0.6) is 0 Å². The topological polar surface area (TPSA) is 78.3 Å². The Morgan fingerprint density at radius 3 is 2.83 bits per heavy atom. The summed E-state index contributed by atoms with van der Waals surface area (Å²) in [6.45, 7) is 1.28. The first-order valence-electron chi connectivity index (χ1n) is 7.50. The van der Waals surface area contributed by atoms with E-state index < -0.39 is 0 Å². The highest BCUT2D eigenvalue weighted by Crippen LogP contribution is 2.27. The van der Waals surface area contributed by atoms with Crippen molar-refractivity contribution in [1.29, 1.82) is 5.41 Å². The van der Waals surface area contributed by atoms with Gasteiger partial charge in [0.25, 0.3) is 5.91 Å². The molecule has 2 fully saturated rings. The number of aromatic nitrogens is 1. The van der Waals surface area contributed by atoms with E-state index in [9.17, 15) is 4.79 Å². The van der Waals surface area contributed by atoms with Crippen LogP contribution in [0.25, 0.3) is 0 Å². The standard InChI is InChI=1S/C15H19BrN4O2S/c1-23-8-19-12-4-13(18-5-11(12)14(16)17)15(21)20-6-9-2-3-10(7-20)22-9/h4-5,9-10,17H,2-3,6-8H2,1H3,(H,18,19).